The Bertz CT molecular complexity index is 830. The fourth-order valence-electron chi connectivity index (χ4n) is 2.33. The lowest BCUT2D eigenvalue weighted by Gasteiger charge is -2.18. The number of alkyl halides is 2. The molecule has 0 aromatic carbocycles. The number of nitrogens with two attached hydrogens (primary N) is 1. The van der Waals surface area contributed by atoms with E-state index in [0.29, 0.717) is 11.3 Å². The number of hydrogen-bond donors (Lipinski definition) is 1. The Hall–Kier alpha value is -1.87. The van der Waals surface area contributed by atoms with Gasteiger partial charge in [-0.2, -0.15) is 5.10 Å². The van der Waals surface area contributed by atoms with Crippen LogP contribution in [-0.2, 0) is 9.84 Å². The van der Waals surface area contributed by atoms with Crippen LogP contribution < -0.4 is 5.73 Å². The molecule has 0 aliphatic carbocycles. The Balaban J connectivity index is 2.62. The first-order valence-electron chi connectivity index (χ1n) is 7.33. The van der Waals surface area contributed by atoms with Crippen LogP contribution in [0.3, 0.4) is 0 Å². The van der Waals surface area contributed by atoms with E-state index in [-0.39, 0.29) is 22.3 Å². The lowest BCUT2D eigenvalue weighted by molar-refractivity contribution is 0.144. The quantitative estimate of drug-likeness (QED) is 0.887. The summed E-state index contributed by atoms with van der Waals surface area (Å²) < 4.78 is 50.7. The van der Waals surface area contributed by atoms with Crippen LogP contribution in [0.15, 0.2) is 23.2 Å². The standard InChI is InChI=1S/C15H20F2N4O2S/c1-8(2)12(18)14-9(3)13(15(16)17)20-21(14)11-6-5-10(7-19-11)24(4,22)23/h5-8,12,15H,18H2,1-4H3. The van der Waals surface area contributed by atoms with Gasteiger partial charge in [-0.3, -0.25) is 0 Å². The second-order valence-corrected chi connectivity index (χ2v) is 8.02. The topological polar surface area (TPSA) is 90.9 Å². The van der Waals surface area contributed by atoms with Crippen molar-refractivity contribution >= 4 is 9.84 Å². The molecule has 2 aromatic heterocycles. The fourth-order valence-corrected chi connectivity index (χ4v) is 2.89. The van der Waals surface area contributed by atoms with Crippen LogP contribution >= 0.6 is 0 Å². The molecular weight excluding hydrogens is 338 g/mol. The van der Waals surface area contributed by atoms with Crippen molar-refractivity contribution in [2.75, 3.05) is 6.26 Å². The summed E-state index contributed by atoms with van der Waals surface area (Å²) in [6.07, 6.45) is -0.495. The van der Waals surface area contributed by atoms with Gasteiger partial charge in [0.25, 0.3) is 6.43 Å². The van der Waals surface area contributed by atoms with Crippen molar-refractivity contribution < 1.29 is 17.2 Å². The van der Waals surface area contributed by atoms with Gasteiger partial charge in [-0.05, 0) is 25.0 Å². The third-order valence-corrected chi connectivity index (χ3v) is 4.91. The van der Waals surface area contributed by atoms with E-state index in [1.165, 1.54) is 23.0 Å². The van der Waals surface area contributed by atoms with E-state index in [1.807, 2.05) is 13.8 Å². The van der Waals surface area contributed by atoms with Crippen LogP contribution in [0.1, 0.15) is 43.3 Å². The van der Waals surface area contributed by atoms with Gasteiger partial charge < -0.3 is 5.73 Å². The Kier molecular flexibility index (Phi) is 5.05. The second-order valence-electron chi connectivity index (χ2n) is 6.00. The van der Waals surface area contributed by atoms with Crippen molar-refractivity contribution in [2.45, 2.75) is 38.1 Å². The molecule has 0 spiro atoms. The molecule has 0 aliphatic heterocycles. The predicted molar refractivity (Wildman–Crippen MR) is 85.9 cm³/mol. The highest BCUT2D eigenvalue weighted by Crippen LogP contribution is 2.31. The van der Waals surface area contributed by atoms with Gasteiger partial charge in [-0.25, -0.2) is 26.9 Å². The molecule has 1 atom stereocenters. The summed E-state index contributed by atoms with van der Waals surface area (Å²) in [6, 6.07) is 2.28. The van der Waals surface area contributed by atoms with E-state index in [4.69, 9.17) is 5.73 Å². The van der Waals surface area contributed by atoms with E-state index >= 15 is 0 Å². The Morgan fingerprint density at radius 3 is 2.29 bits per heavy atom. The Labute approximate surface area is 139 Å². The molecule has 0 aliphatic rings. The maximum absolute atomic E-state index is 13.2. The van der Waals surface area contributed by atoms with Gasteiger partial charge in [0.05, 0.1) is 10.6 Å². The zero-order valence-electron chi connectivity index (χ0n) is 13.9. The normalized spacial score (nSPS) is 13.7. The van der Waals surface area contributed by atoms with E-state index in [1.54, 1.807) is 6.92 Å². The number of nitrogens with zero attached hydrogens (tertiary/aromatic N) is 3. The van der Waals surface area contributed by atoms with E-state index in [0.717, 1.165) is 6.26 Å². The van der Waals surface area contributed by atoms with Crippen molar-refractivity contribution in [3.05, 3.63) is 35.3 Å². The number of pyridine rings is 1. The average Bonchev–Trinajstić information content (AvgIpc) is 2.83. The molecule has 132 valence electrons. The van der Waals surface area contributed by atoms with Crippen LogP contribution in [0.4, 0.5) is 8.78 Å². The van der Waals surface area contributed by atoms with Crippen molar-refractivity contribution in [1.29, 1.82) is 0 Å². The minimum atomic E-state index is -3.39. The van der Waals surface area contributed by atoms with Crippen LogP contribution in [0, 0.1) is 12.8 Å². The highest BCUT2D eigenvalue weighted by atomic mass is 32.2. The van der Waals surface area contributed by atoms with Crippen LogP contribution in [-0.4, -0.2) is 29.4 Å². The molecule has 2 N–H and O–H groups in total. The summed E-state index contributed by atoms with van der Waals surface area (Å²) in [5, 5.41) is 3.95. The van der Waals surface area contributed by atoms with Crippen molar-refractivity contribution in [1.82, 2.24) is 14.8 Å². The molecular formula is C15H20F2N4O2S. The molecule has 2 heterocycles. The van der Waals surface area contributed by atoms with Gasteiger partial charge in [0.2, 0.25) is 0 Å². The summed E-state index contributed by atoms with van der Waals surface area (Å²) in [5.74, 6) is 0.239. The maximum Gasteiger partial charge on any atom is 0.282 e. The summed E-state index contributed by atoms with van der Waals surface area (Å²) in [4.78, 5) is 4.09. The zero-order chi connectivity index (χ0) is 18.2. The maximum atomic E-state index is 13.2. The summed E-state index contributed by atoms with van der Waals surface area (Å²) in [5.41, 5.74) is 6.57. The number of halogens is 2. The number of rotatable bonds is 5. The van der Waals surface area contributed by atoms with Gasteiger partial charge in [0.1, 0.15) is 5.69 Å². The van der Waals surface area contributed by atoms with E-state index in [9.17, 15) is 17.2 Å². The van der Waals surface area contributed by atoms with Crippen molar-refractivity contribution in [3.63, 3.8) is 0 Å². The largest absolute Gasteiger partial charge is 0.322 e. The first-order valence-corrected chi connectivity index (χ1v) is 9.22. The molecule has 9 heteroatoms. The second kappa shape index (κ2) is 6.56. The first kappa shape index (κ1) is 18.5. The fraction of sp³-hybridized carbons (Fsp3) is 0.467. The summed E-state index contributed by atoms with van der Waals surface area (Å²) >= 11 is 0. The number of sulfone groups is 1. The molecule has 2 rings (SSSR count). The predicted octanol–water partition coefficient (Wildman–Crippen LogP) is 2.57. The lowest BCUT2D eigenvalue weighted by Crippen LogP contribution is -2.22. The monoisotopic (exact) mass is 358 g/mol. The molecule has 0 amide bonds. The van der Waals surface area contributed by atoms with Crippen molar-refractivity contribution in [3.8, 4) is 5.82 Å². The van der Waals surface area contributed by atoms with Gasteiger partial charge >= 0.3 is 0 Å². The van der Waals surface area contributed by atoms with Crippen LogP contribution in [0.25, 0.3) is 5.82 Å². The van der Waals surface area contributed by atoms with Gasteiger partial charge in [0.15, 0.2) is 15.7 Å². The van der Waals surface area contributed by atoms with E-state index < -0.39 is 22.3 Å². The SMILES string of the molecule is Cc1c(C(F)F)nn(-c2ccc(S(C)(=O)=O)cn2)c1C(N)C(C)C. The molecule has 0 saturated carbocycles. The third-order valence-electron chi connectivity index (χ3n) is 3.81. The molecule has 2 aromatic rings. The highest BCUT2D eigenvalue weighted by molar-refractivity contribution is 7.90. The van der Waals surface area contributed by atoms with E-state index in [2.05, 4.69) is 10.1 Å². The molecule has 0 radical (unpaired) electrons. The van der Waals surface area contributed by atoms with Crippen LogP contribution in [0.2, 0.25) is 0 Å². The highest BCUT2D eigenvalue weighted by Gasteiger charge is 2.27. The van der Waals surface area contributed by atoms with Crippen LogP contribution in [0.5, 0.6) is 0 Å². The molecule has 1 unspecified atom stereocenters. The smallest absolute Gasteiger partial charge is 0.282 e. The third kappa shape index (κ3) is 3.46. The first-order chi connectivity index (χ1) is 11.0. The lowest BCUT2D eigenvalue weighted by atomic mass is 9.98. The molecule has 0 saturated heterocycles. The van der Waals surface area contributed by atoms with Crippen molar-refractivity contribution in [2.24, 2.45) is 11.7 Å². The Morgan fingerprint density at radius 1 is 1.25 bits per heavy atom. The average molecular weight is 358 g/mol. The minimum Gasteiger partial charge on any atom is -0.322 e. The summed E-state index contributed by atoms with van der Waals surface area (Å²) in [6.45, 7) is 5.31. The molecule has 6 nitrogen and oxygen atoms in total. The van der Waals surface area contributed by atoms with Gasteiger partial charge in [0, 0.05) is 24.1 Å². The molecule has 0 bridgehead atoms. The Morgan fingerprint density at radius 2 is 1.88 bits per heavy atom. The van der Waals surface area contributed by atoms with Gasteiger partial charge in [-0.15, -0.1) is 0 Å². The minimum absolute atomic E-state index is 0.0000322. The number of hydrogen-bond acceptors (Lipinski definition) is 5. The zero-order valence-corrected chi connectivity index (χ0v) is 14.7. The number of aromatic nitrogens is 3. The summed E-state index contributed by atoms with van der Waals surface area (Å²) in [7, 11) is -3.39. The van der Waals surface area contributed by atoms with Gasteiger partial charge in [-0.1, -0.05) is 13.8 Å². The molecule has 0 fully saturated rings. The molecule has 24 heavy (non-hydrogen) atoms.